The summed E-state index contributed by atoms with van der Waals surface area (Å²) in [5.74, 6) is 0. The maximum Gasteiger partial charge on any atom is 0.0167 e. The Hall–Kier alpha value is 0.500. The third-order valence-electron chi connectivity index (χ3n) is 1.95. The summed E-state index contributed by atoms with van der Waals surface area (Å²) in [6.45, 7) is 1.14. The van der Waals surface area contributed by atoms with E-state index in [4.69, 9.17) is 5.73 Å². The van der Waals surface area contributed by atoms with Crippen LogP contribution in [-0.2, 0) is 0 Å². The maximum absolute atomic E-state index is 5.87. The second-order valence-corrected chi connectivity index (χ2v) is 3.42. The molecule has 4 heteroatoms. The summed E-state index contributed by atoms with van der Waals surface area (Å²) >= 11 is 0. The van der Waals surface area contributed by atoms with Gasteiger partial charge in [0.25, 0.3) is 0 Å². The molecule has 0 aromatic rings. The van der Waals surface area contributed by atoms with E-state index in [1.54, 1.807) is 0 Å². The minimum Gasteiger partial charge on any atom is -0.325 e. The van der Waals surface area contributed by atoms with Crippen LogP contribution in [0.4, 0.5) is 0 Å². The van der Waals surface area contributed by atoms with Crippen molar-refractivity contribution in [2.75, 3.05) is 20.6 Å². The standard InChI is InChI=1S/C7H16N2.2ClH/c1-9(2)6-5-7(8)3-4-7;;/h3-6,8H2,1-2H3;2*1H. The second-order valence-electron chi connectivity index (χ2n) is 3.42. The van der Waals surface area contributed by atoms with Crippen molar-refractivity contribution in [3.05, 3.63) is 0 Å². The summed E-state index contributed by atoms with van der Waals surface area (Å²) in [5, 5.41) is 0. The predicted octanol–water partition coefficient (Wildman–Crippen LogP) is 1.27. The van der Waals surface area contributed by atoms with Gasteiger partial charge in [-0.25, -0.2) is 0 Å². The Labute approximate surface area is 81.3 Å². The van der Waals surface area contributed by atoms with Gasteiger partial charge in [-0.2, -0.15) is 0 Å². The number of rotatable bonds is 3. The van der Waals surface area contributed by atoms with Crippen molar-refractivity contribution in [3.63, 3.8) is 0 Å². The number of nitrogens with zero attached hydrogens (tertiary/aromatic N) is 1. The summed E-state index contributed by atoms with van der Waals surface area (Å²) in [6, 6.07) is 0. The number of halogens is 2. The van der Waals surface area contributed by atoms with Crippen LogP contribution in [-0.4, -0.2) is 31.1 Å². The van der Waals surface area contributed by atoms with Crippen LogP contribution in [0.1, 0.15) is 19.3 Å². The zero-order valence-corrected chi connectivity index (χ0v) is 8.80. The molecule has 0 aromatic carbocycles. The Kier molecular flexibility index (Phi) is 6.64. The second kappa shape index (κ2) is 5.20. The van der Waals surface area contributed by atoms with Crippen LogP contribution in [0.2, 0.25) is 0 Å². The molecule has 1 aliphatic carbocycles. The fourth-order valence-electron chi connectivity index (χ4n) is 0.857. The Balaban J connectivity index is 0. The van der Waals surface area contributed by atoms with Gasteiger partial charge in [0.05, 0.1) is 0 Å². The average Bonchev–Trinajstić information content (AvgIpc) is 2.45. The van der Waals surface area contributed by atoms with Gasteiger partial charge in [-0.05, 0) is 39.9 Å². The molecule has 0 bridgehead atoms. The van der Waals surface area contributed by atoms with E-state index < -0.39 is 0 Å². The Morgan fingerprint density at radius 2 is 1.73 bits per heavy atom. The SMILES string of the molecule is CN(C)CCC1(N)CC1.Cl.Cl. The average molecular weight is 201 g/mol. The highest BCUT2D eigenvalue weighted by molar-refractivity contribution is 5.85. The largest absolute Gasteiger partial charge is 0.325 e. The third kappa shape index (κ3) is 5.74. The van der Waals surface area contributed by atoms with E-state index in [0.29, 0.717) is 0 Å². The lowest BCUT2D eigenvalue weighted by Crippen LogP contribution is -2.27. The molecule has 0 unspecified atom stereocenters. The molecule has 1 fully saturated rings. The molecule has 0 heterocycles. The van der Waals surface area contributed by atoms with Gasteiger partial charge in [-0.3, -0.25) is 0 Å². The maximum atomic E-state index is 5.87. The summed E-state index contributed by atoms with van der Waals surface area (Å²) in [5.41, 5.74) is 6.11. The first kappa shape index (κ1) is 14.0. The molecule has 0 amide bonds. The summed E-state index contributed by atoms with van der Waals surface area (Å²) in [4.78, 5) is 2.19. The molecule has 0 aliphatic heterocycles. The minimum atomic E-state index is 0. The van der Waals surface area contributed by atoms with E-state index in [1.165, 1.54) is 19.3 Å². The number of hydrogen-bond acceptors (Lipinski definition) is 2. The van der Waals surface area contributed by atoms with Crippen molar-refractivity contribution in [1.29, 1.82) is 0 Å². The quantitative estimate of drug-likeness (QED) is 0.745. The molecule has 0 saturated heterocycles. The van der Waals surface area contributed by atoms with Crippen molar-refractivity contribution in [2.24, 2.45) is 5.73 Å². The zero-order valence-electron chi connectivity index (χ0n) is 7.17. The van der Waals surface area contributed by atoms with Crippen LogP contribution in [0.25, 0.3) is 0 Å². The van der Waals surface area contributed by atoms with Crippen molar-refractivity contribution < 1.29 is 0 Å². The van der Waals surface area contributed by atoms with E-state index in [2.05, 4.69) is 19.0 Å². The van der Waals surface area contributed by atoms with Gasteiger partial charge in [-0.1, -0.05) is 0 Å². The lowest BCUT2D eigenvalue weighted by atomic mass is 10.2. The van der Waals surface area contributed by atoms with Gasteiger partial charge in [0.1, 0.15) is 0 Å². The molecule has 70 valence electrons. The van der Waals surface area contributed by atoms with E-state index in [9.17, 15) is 0 Å². The van der Waals surface area contributed by atoms with Gasteiger partial charge in [-0.15, -0.1) is 24.8 Å². The normalized spacial score (nSPS) is 18.5. The molecule has 1 rings (SSSR count). The van der Waals surface area contributed by atoms with Gasteiger partial charge in [0, 0.05) is 5.54 Å². The fourth-order valence-corrected chi connectivity index (χ4v) is 0.857. The van der Waals surface area contributed by atoms with E-state index in [0.717, 1.165) is 6.54 Å². The van der Waals surface area contributed by atoms with E-state index in [1.807, 2.05) is 0 Å². The van der Waals surface area contributed by atoms with Crippen molar-refractivity contribution in [2.45, 2.75) is 24.8 Å². The molecule has 11 heavy (non-hydrogen) atoms. The molecule has 2 N–H and O–H groups in total. The van der Waals surface area contributed by atoms with Gasteiger partial charge < -0.3 is 10.6 Å². The highest BCUT2D eigenvalue weighted by Gasteiger charge is 2.37. The topological polar surface area (TPSA) is 29.3 Å². The Bertz CT molecular complexity index is 103. The van der Waals surface area contributed by atoms with Crippen LogP contribution < -0.4 is 5.73 Å². The summed E-state index contributed by atoms with van der Waals surface area (Å²) < 4.78 is 0. The molecule has 1 saturated carbocycles. The lowest BCUT2D eigenvalue weighted by molar-refractivity contribution is 0.375. The van der Waals surface area contributed by atoms with Crippen molar-refractivity contribution in [1.82, 2.24) is 4.90 Å². The van der Waals surface area contributed by atoms with E-state index in [-0.39, 0.29) is 30.4 Å². The monoisotopic (exact) mass is 200 g/mol. The zero-order chi connectivity index (χ0) is 6.91. The van der Waals surface area contributed by atoms with Crippen LogP contribution in [0.3, 0.4) is 0 Å². The van der Waals surface area contributed by atoms with Crippen LogP contribution in [0, 0.1) is 0 Å². The molecule has 0 atom stereocenters. The number of nitrogens with two attached hydrogens (primary N) is 1. The van der Waals surface area contributed by atoms with Gasteiger partial charge in [0.2, 0.25) is 0 Å². The third-order valence-corrected chi connectivity index (χ3v) is 1.95. The highest BCUT2D eigenvalue weighted by Crippen LogP contribution is 2.35. The summed E-state index contributed by atoms with van der Waals surface area (Å²) in [6.07, 6.45) is 3.64. The molecular weight excluding hydrogens is 183 g/mol. The minimum absolute atomic E-state index is 0. The summed E-state index contributed by atoms with van der Waals surface area (Å²) in [7, 11) is 4.18. The molecular formula is C7H18Cl2N2. The molecule has 1 aliphatic rings. The first-order valence-corrected chi connectivity index (χ1v) is 3.56. The Morgan fingerprint density at radius 1 is 1.27 bits per heavy atom. The van der Waals surface area contributed by atoms with Gasteiger partial charge in [0.15, 0.2) is 0 Å². The molecule has 0 radical (unpaired) electrons. The first-order valence-electron chi connectivity index (χ1n) is 3.56. The molecule has 2 nitrogen and oxygen atoms in total. The van der Waals surface area contributed by atoms with Crippen LogP contribution >= 0.6 is 24.8 Å². The van der Waals surface area contributed by atoms with E-state index >= 15 is 0 Å². The van der Waals surface area contributed by atoms with Crippen LogP contribution in [0.5, 0.6) is 0 Å². The first-order chi connectivity index (χ1) is 4.12. The van der Waals surface area contributed by atoms with Crippen molar-refractivity contribution >= 4 is 24.8 Å². The van der Waals surface area contributed by atoms with Crippen molar-refractivity contribution in [3.8, 4) is 0 Å². The Morgan fingerprint density at radius 3 is 2.00 bits per heavy atom. The van der Waals surface area contributed by atoms with Crippen LogP contribution in [0.15, 0.2) is 0 Å². The molecule has 0 aromatic heterocycles. The fraction of sp³-hybridized carbons (Fsp3) is 1.00. The smallest absolute Gasteiger partial charge is 0.0167 e. The predicted molar refractivity (Wildman–Crippen MR) is 53.8 cm³/mol. The number of hydrogen-bond donors (Lipinski definition) is 1. The van der Waals surface area contributed by atoms with Gasteiger partial charge >= 0.3 is 0 Å². The molecule has 0 spiro atoms. The lowest BCUT2D eigenvalue weighted by Gasteiger charge is -2.12. The highest BCUT2D eigenvalue weighted by atomic mass is 35.5.